The number of rotatable bonds is 2. The molecule has 0 heterocycles. The zero-order valence-electron chi connectivity index (χ0n) is 9.88. The Labute approximate surface area is 96.9 Å². The minimum Gasteiger partial charge on any atom is -0.321 e. The van der Waals surface area contributed by atoms with Gasteiger partial charge in [-0.05, 0) is 30.9 Å². The lowest BCUT2D eigenvalue weighted by Gasteiger charge is -2.35. The first-order valence-electron chi connectivity index (χ1n) is 6.16. The summed E-state index contributed by atoms with van der Waals surface area (Å²) in [6.45, 7) is 1.59. The van der Waals surface area contributed by atoms with Crippen LogP contribution in [0.4, 0.5) is 4.39 Å². The van der Waals surface area contributed by atoms with E-state index in [0.29, 0.717) is 0 Å². The van der Waals surface area contributed by atoms with Gasteiger partial charge < -0.3 is 5.73 Å². The van der Waals surface area contributed by atoms with Crippen molar-refractivity contribution in [1.29, 1.82) is 0 Å². The number of hydrogen-bond donors (Lipinski definition) is 1. The summed E-state index contributed by atoms with van der Waals surface area (Å²) in [6, 6.07) is 7.71. The molecule has 0 bridgehead atoms. The zero-order valence-corrected chi connectivity index (χ0v) is 9.88. The van der Waals surface area contributed by atoms with E-state index in [2.05, 4.69) is 0 Å². The molecule has 16 heavy (non-hydrogen) atoms. The number of benzene rings is 1. The molecule has 1 atom stereocenters. The standard InChI is InChI=1S/C14H20FN/c1-11(15)12-7-3-4-8-13(12)14(16)9-5-2-6-10-14/h3-4,7-8,11H,2,5-6,9-10,16H2,1H3. The Kier molecular flexibility index (Phi) is 3.29. The van der Waals surface area contributed by atoms with Crippen LogP contribution < -0.4 is 5.73 Å². The molecule has 1 aromatic carbocycles. The molecule has 0 aromatic heterocycles. The smallest absolute Gasteiger partial charge is 0.123 e. The van der Waals surface area contributed by atoms with Crippen molar-refractivity contribution in [1.82, 2.24) is 0 Å². The van der Waals surface area contributed by atoms with Crippen LogP contribution in [0.3, 0.4) is 0 Å². The molecule has 0 amide bonds. The van der Waals surface area contributed by atoms with E-state index in [1.54, 1.807) is 6.92 Å². The maximum Gasteiger partial charge on any atom is 0.123 e. The molecule has 1 aromatic rings. The van der Waals surface area contributed by atoms with Gasteiger partial charge in [0, 0.05) is 5.54 Å². The molecule has 1 unspecified atom stereocenters. The second kappa shape index (κ2) is 4.54. The van der Waals surface area contributed by atoms with Crippen LogP contribution in [-0.4, -0.2) is 0 Å². The first-order chi connectivity index (χ1) is 7.63. The predicted molar refractivity (Wildman–Crippen MR) is 64.9 cm³/mol. The highest BCUT2D eigenvalue weighted by atomic mass is 19.1. The number of halogens is 1. The Morgan fingerprint density at radius 2 is 1.81 bits per heavy atom. The van der Waals surface area contributed by atoms with Gasteiger partial charge in [0.15, 0.2) is 0 Å². The molecule has 0 spiro atoms. The van der Waals surface area contributed by atoms with Gasteiger partial charge in [0.2, 0.25) is 0 Å². The van der Waals surface area contributed by atoms with Crippen molar-refractivity contribution < 1.29 is 4.39 Å². The summed E-state index contributed by atoms with van der Waals surface area (Å²) in [5.41, 5.74) is 7.94. The number of nitrogens with two attached hydrogens (primary N) is 1. The summed E-state index contributed by atoms with van der Waals surface area (Å²) in [7, 11) is 0. The van der Waals surface area contributed by atoms with E-state index in [9.17, 15) is 4.39 Å². The van der Waals surface area contributed by atoms with Crippen LogP contribution in [0, 0.1) is 0 Å². The van der Waals surface area contributed by atoms with Crippen molar-refractivity contribution in [3.8, 4) is 0 Å². The van der Waals surface area contributed by atoms with E-state index in [-0.39, 0.29) is 5.54 Å². The molecular weight excluding hydrogens is 201 g/mol. The first kappa shape index (κ1) is 11.6. The largest absolute Gasteiger partial charge is 0.321 e. The monoisotopic (exact) mass is 221 g/mol. The van der Waals surface area contributed by atoms with Crippen molar-refractivity contribution in [2.75, 3.05) is 0 Å². The normalized spacial score (nSPS) is 21.7. The minimum absolute atomic E-state index is 0.296. The van der Waals surface area contributed by atoms with Crippen LogP contribution >= 0.6 is 0 Å². The molecule has 88 valence electrons. The third-order valence-electron chi connectivity index (χ3n) is 3.67. The number of alkyl halides is 1. The minimum atomic E-state index is -0.932. The zero-order chi connectivity index (χ0) is 11.6. The lowest BCUT2D eigenvalue weighted by molar-refractivity contribution is 0.290. The molecule has 1 nitrogen and oxygen atoms in total. The lowest BCUT2D eigenvalue weighted by Crippen LogP contribution is -2.39. The lowest BCUT2D eigenvalue weighted by atomic mass is 9.75. The molecular formula is C14H20FN. The van der Waals surface area contributed by atoms with E-state index in [0.717, 1.165) is 36.8 Å². The fraction of sp³-hybridized carbons (Fsp3) is 0.571. The fourth-order valence-electron chi connectivity index (χ4n) is 2.75. The molecule has 1 aliphatic rings. The van der Waals surface area contributed by atoms with Gasteiger partial charge in [0.25, 0.3) is 0 Å². The van der Waals surface area contributed by atoms with E-state index < -0.39 is 6.17 Å². The van der Waals surface area contributed by atoms with E-state index in [1.807, 2.05) is 24.3 Å². The maximum atomic E-state index is 13.6. The Hall–Kier alpha value is -0.890. The van der Waals surface area contributed by atoms with Gasteiger partial charge in [-0.15, -0.1) is 0 Å². The third kappa shape index (κ3) is 2.12. The van der Waals surface area contributed by atoms with Gasteiger partial charge >= 0.3 is 0 Å². The highest BCUT2D eigenvalue weighted by molar-refractivity contribution is 5.35. The van der Waals surface area contributed by atoms with Crippen LogP contribution in [0.15, 0.2) is 24.3 Å². The summed E-state index contributed by atoms with van der Waals surface area (Å²) < 4.78 is 13.6. The molecule has 1 fully saturated rings. The highest BCUT2D eigenvalue weighted by Crippen LogP contribution is 2.38. The first-order valence-corrected chi connectivity index (χ1v) is 6.16. The summed E-state index contributed by atoms with van der Waals surface area (Å²) in [5.74, 6) is 0. The Morgan fingerprint density at radius 1 is 1.19 bits per heavy atom. The van der Waals surface area contributed by atoms with Crippen molar-refractivity contribution >= 4 is 0 Å². The van der Waals surface area contributed by atoms with Crippen LogP contribution in [0.5, 0.6) is 0 Å². The second-order valence-corrected chi connectivity index (χ2v) is 4.92. The van der Waals surface area contributed by atoms with Gasteiger partial charge in [-0.3, -0.25) is 0 Å². The van der Waals surface area contributed by atoms with Gasteiger partial charge in [0.05, 0.1) is 0 Å². The van der Waals surface area contributed by atoms with Crippen molar-refractivity contribution in [2.45, 2.75) is 50.7 Å². The summed E-state index contributed by atoms with van der Waals surface area (Å²) >= 11 is 0. The van der Waals surface area contributed by atoms with Crippen molar-refractivity contribution in [3.63, 3.8) is 0 Å². The van der Waals surface area contributed by atoms with Crippen molar-refractivity contribution in [2.24, 2.45) is 5.73 Å². The van der Waals surface area contributed by atoms with Gasteiger partial charge in [-0.2, -0.15) is 0 Å². The molecule has 0 saturated heterocycles. The highest BCUT2D eigenvalue weighted by Gasteiger charge is 2.31. The molecule has 2 rings (SSSR count). The summed E-state index contributed by atoms with van der Waals surface area (Å²) in [4.78, 5) is 0. The molecule has 1 aliphatic carbocycles. The van der Waals surface area contributed by atoms with Gasteiger partial charge in [0.1, 0.15) is 6.17 Å². The average molecular weight is 221 g/mol. The van der Waals surface area contributed by atoms with E-state index >= 15 is 0 Å². The molecule has 1 saturated carbocycles. The van der Waals surface area contributed by atoms with Crippen LogP contribution in [0.2, 0.25) is 0 Å². The fourth-order valence-corrected chi connectivity index (χ4v) is 2.75. The summed E-state index contributed by atoms with van der Waals surface area (Å²) in [5, 5.41) is 0. The van der Waals surface area contributed by atoms with Gasteiger partial charge in [-0.1, -0.05) is 43.5 Å². The van der Waals surface area contributed by atoms with Gasteiger partial charge in [-0.25, -0.2) is 4.39 Å². The topological polar surface area (TPSA) is 26.0 Å². The molecule has 2 heteroatoms. The van der Waals surface area contributed by atoms with Crippen LogP contribution in [-0.2, 0) is 5.54 Å². The Morgan fingerprint density at radius 3 is 2.44 bits per heavy atom. The Bertz CT molecular complexity index is 354. The third-order valence-corrected chi connectivity index (χ3v) is 3.67. The van der Waals surface area contributed by atoms with Crippen LogP contribution in [0.25, 0.3) is 0 Å². The number of hydrogen-bond acceptors (Lipinski definition) is 1. The molecule has 0 radical (unpaired) electrons. The molecule has 2 N–H and O–H groups in total. The second-order valence-electron chi connectivity index (χ2n) is 4.92. The SMILES string of the molecule is CC(F)c1ccccc1C1(N)CCCCC1. The van der Waals surface area contributed by atoms with E-state index in [1.165, 1.54) is 6.42 Å². The molecule has 0 aliphatic heterocycles. The predicted octanol–water partition coefficient (Wildman–Crippen LogP) is 3.84. The average Bonchev–Trinajstić information content (AvgIpc) is 2.30. The van der Waals surface area contributed by atoms with Crippen molar-refractivity contribution in [3.05, 3.63) is 35.4 Å². The van der Waals surface area contributed by atoms with E-state index in [4.69, 9.17) is 5.73 Å². The Balaban J connectivity index is 2.38. The maximum absolute atomic E-state index is 13.6. The summed E-state index contributed by atoms with van der Waals surface area (Å²) in [6.07, 6.45) is 4.61. The quantitative estimate of drug-likeness (QED) is 0.806. The van der Waals surface area contributed by atoms with Crippen LogP contribution in [0.1, 0.15) is 56.3 Å².